The fourth-order valence-electron chi connectivity index (χ4n) is 5.01. The Morgan fingerprint density at radius 3 is 1.22 bits per heavy atom. The summed E-state index contributed by atoms with van der Waals surface area (Å²) in [6.45, 7) is 9.21. The Morgan fingerprint density at radius 2 is 0.861 bits per heavy atom. The van der Waals surface area contributed by atoms with Gasteiger partial charge in [-0.05, 0) is 0 Å². The van der Waals surface area contributed by atoms with Crippen LogP contribution >= 0.6 is 7.28 Å². The van der Waals surface area contributed by atoms with E-state index in [0.29, 0.717) is 18.1 Å². The topological polar surface area (TPSA) is 49.7 Å². The number of para-hydroxylation sites is 1. The molecular weight excluding hydrogens is 463 g/mol. The van der Waals surface area contributed by atoms with Crippen molar-refractivity contribution in [3.8, 4) is 5.75 Å². The molecule has 3 nitrogen and oxygen atoms in total. The third-order valence-electron chi connectivity index (χ3n) is 7.34. The molecule has 0 saturated heterocycles. The summed E-state index contributed by atoms with van der Waals surface area (Å²) in [4.78, 5) is 23.0. The monoisotopic (exact) mass is 524 g/mol. The van der Waals surface area contributed by atoms with E-state index in [1.54, 1.807) is 0 Å². The van der Waals surface area contributed by atoms with Crippen LogP contribution in [0.3, 0.4) is 0 Å². The van der Waals surface area contributed by atoms with Crippen molar-refractivity contribution in [3.63, 3.8) is 0 Å². The molecule has 0 fully saturated rings. The summed E-state index contributed by atoms with van der Waals surface area (Å²) in [5, 5.41) is 0. The maximum atomic E-state index is 11.5. The van der Waals surface area contributed by atoms with Crippen LogP contribution < -0.4 is 4.52 Å². The van der Waals surface area contributed by atoms with Gasteiger partial charge in [0.05, 0.1) is 0 Å². The minimum absolute atomic E-state index is 0.394. The molecule has 0 atom stereocenters. The molecule has 0 bridgehead atoms. The van der Waals surface area contributed by atoms with E-state index in [4.69, 9.17) is 4.52 Å². The summed E-state index contributed by atoms with van der Waals surface area (Å²) in [6.07, 6.45) is 22.8. The van der Waals surface area contributed by atoms with E-state index >= 15 is 0 Å². The van der Waals surface area contributed by atoms with E-state index in [9.17, 15) is 9.79 Å². The zero-order chi connectivity index (χ0) is 26.6. The van der Waals surface area contributed by atoms with Crippen LogP contribution in [0.4, 0.5) is 0 Å². The van der Waals surface area contributed by atoms with Crippen molar-refractivity contribution < 1.29 is 14.3 Å². The normalized spacial score (nSPS) is 13.3. The van der Waals surface area contributed by atoms with Crippen molar-refractivity contribution >= 4 is 7.28 Å². The number of rotatable bonds is 24. The van der Waals surface area contributed by atoms with Gasteiger partial charge in [-0.15, -0.1) is 0 Å². The van der Waals surface area contributed by atoms with Crippen LogP contribution in [0, 0.1) is 11.8 Å². The summed E-state index contributed by atoms with van der Waals surface area (Å²) >= 11 is 0. The van der Waals surface area contributed by atoms with Crippen LogP contribution in [-0.4, -0.2) is 22.1 Å². The molecule has 1 rings (SSSR count). The molecule has 0 aromatic heterocycles. The van der Waals surface area contributed by atoms with Crippen LogP contribution in [-0.2, 0) is 0 Å². The fraction of sp³-hybridized carbons (Fsp3) is 0.812. The molecule has 0 unspecified atom stereocenters. The molecule has 0 aliphatic rings. The van der Waals surface area contributed by atoms with E-state index < -0.39 is 7.28 Å². The average molecular weight is 525 g/mol. The molecule has 0 aliphatic heterocycles. The maximum absolute atomic E-state index is 11.5. The second-order valence-electron chi connectivity index (χ2n) is 12.2. The number of hydrogen-bond donors (Lipinski definition) is 2. The molecule has 36 heavy (non-hydrogen) atoms. The van der Waals surface area contributed by atoms with E-state index in [0.717, 1.165) is 37.5 Å². The molecule has 0 saturated carbocycles. The van der Waals surface area contributed by atoms with Gasteiger partial charge in [0.2, 0.25) is 0 Å². The number of benzene rings is 1. The zero-order valence-electron chi connectivity index (χ0n) is 24.4. The van der Waals surface area contributed by atoms with Gasteiger partial charge in [-0.3, -0.25) is 0 Å². The zero-order valence-corrected chi connectivity index (χ0v) is 25.3. The molecule has 0 radical (unpaired) electrons. The molecule has 2 N–H and O–H groups in total. The minimum atomic E-state index is -4.17. The van der Waals surface area contributed by atoms with Gasteiger partial charge in [-0.1, -0.05) is 0 Å². The van der Waals surface area contributed by atoms with Gasteiger partial charge in [0.25, 0.3) is 0 Å². The number of hydrogen-bond acceptors (Lipinski definition) is 3. The van der Waals surface area contributed by atoms with Crippen LogP contribution in [0.25, 0.3) is 0 Å². The van der Waals surface area contributed by atoms with Crippen LogP contribution in [0.2, 0.25) is 0 Å². The van der Waals surface area contributed by atoms with Crippen molar-refractivity contribution in [1.82, 2.24) is 0 Å². The first-order valence-electron chi connectivity index (χ1n) is 15.5. The first-order valence-corrected chi connectivity index (χ1v) is 17.9. The van der Waals surface area contributed by atoms with Crippen molar-refractivity contribution in [1.29, 1.82) is 0 Å². The Morgan fingerprint density at radius 1 is 0.528 bits per heavy atom. The standard InChI is InChI=1S/C32H61O3P/c1-30(2)24-18-13-9-5-7-11-15-22-28-36(33,34,35-32-26-20-17-21-27-32)29-23-16-12-8-6-10-14-19-25-31(3)4/h17,20-21,26-27,30-31,33-34H,5-16,18-19,22-25,28-29H2,1-4H3. The fourth-order valence-corrected chi connectivity index (χ4v) is 7.75. The van der Waals surface area contributed by atoms with E-state index in [1.807, 2.05) is 30.3 Å². The molecule has 4 heteroatoms. The predicted octanol–water partition coefficient (Wildman–Crippen LogP) is 10.7. The molecule has 1 aromatic carbocycles. The summed E-state index contributed by atoms with van der Waals surface area (Å²) < 4.78 is 6.01. The third kappa shape index (κ3) is 18.6. The van der Waals surface area contributed by atoms with Crippen LogP contribution in [0.15, 0.2) is 30.3 Å². The molecule has 1 aromatic rings. The van der Waals surface area contributed by atoms with Gasteiger partial charge >= 0.3 is 225 Å². The summed E-state index contributed by atoms with van der Waals surface area (Å²) in [5.41, 5.74) is 0. The third-order valence-corrected chi connectivity index (χ3v) is 10.4. The Balaban J connectivity index is 2.31. The van der Waals surface area contributed by atoms with Crippen molar-refractivity contribution in [3.05, 3.63) is 30.3 Å². The predicted molar refractivity (Wildman–Crippen MR) is 161 cm³/mol. The second kappa shape index (κ2) is 19.4. The van der Waals surface area contributed by atoms with Crippen molar-refractivity contribution in [2.75, 3.05) is 12.3 Å². The van der Waals surface area contributed by atoms with Crippen molar-refractivity contribution in [2.24, 2.45) is 11.8 Å². The molecule has 0 aliphatic carbocycles. The Labute approximate surface area is 225 Å². The van der Waals surface area contributed by atoms with Gasteiger partial charge < -0.3 is 0 Å². The summed E-state index contributed by atoms with van der Waals surface area (Å²) in [5.74, 6) is 2.23. The first kappa shape index (κ1) is 33.4. The van der Waals surface area contributed by atoms with Gasteiger partial charge in [-0.25, -0.2) is 0 Å². The van der Waals surface area contributed by atoms with Gasteiger partial charge in [0.1, 0.15) is 0 Å². The molecule has 212 valence electrons. The summed E-state index contributed by atoms with van der Waals surface area (Å²) in [7, 11) is -4.17. The summed E-state index contributed by atoms with van der Waals surface area (Å²) in [6, 6.07) is 9.41. The van der Waals surface area contributed by atoms with Crippen LogP contribution in [0.5, 0.6) is 5.75 Å². The van der Waals surface area contributed by atoms with Gasteiger partial charge in [-0.2, -0.15) is 0 Å². The molecule has 0 spiro atoms. The molecule has 0 heterocycles. The molecule has 0 amide bonds. The quantitative estimate of drug-likeness (QED) is 0.104. The first-order chi connectivity index (χ1) is 17.2. The van der Waals surface area contributed by atoms with E-state index in [2.05, 4.69) is 27.7 Å². The SMILES string of the molecule is CC(C)CCCCCCCCCCP(O)(O)(CCCCCCCCCCC(C)C)Oc1ccccc1. The average Bonchev–Trinajstić information content (AvgIpc) is 2.81. The Hall–Kier alpha value is -0.630. The second-order valence-corrected chi connectivity index (χ2v) is 15.9. The van der Waals surface area contributed by atoms with Gasteiger partial charge in [0.15, 0.2) is 0 Å². The van der Waals surface area contributed by atoms with Crippen molar-refractivity contribution in [2.45, 2.75) is 143 Å². The Bertz CT molecular complexity index is 598. The molecular formula is C32H61O3P. The van der Waals surface area contributed by atoms with Gasteiger partial charge in [0, 0.05) is 0 Å². The van der Waals surface area contributed by atoms with E-state index in [-0.39, 0.29) is 0 Å². The van der Waals surface area contributed by atoms with Crippen LogP contribution in [0.1, 0.15) is 143 Å². The van der Waals surface area contributed by atoms with E-state index in [1.165, 1.54) is 89.9 Å². The number of unbranched alkanes of at least 4 members (excludes halogenated alkanes) is 14. The Kier molecular flexibility index (Phi) is 18.0.